The minimum absolute atomic E-state index is 0.291. The molecule has 2 N–H and O–H groups in total. The molecule has 1 aromatic rings. The zero-order chi connectivity index (χ0) is 13.5. The molecule has 1 radical (unpaired) electrons. The number of nitrogens with zero attached hydrogens (tertiary/aromatic N) is 1. The molecule has 0 atom stereocenters. The van der Waals surface area contributed by atoms with E-state index in [-0.39, 0.29) is 0 Å². The molecule has 0 heterocycles. The second-order valence-corrected chi connectivity index (χ2v) is 3.96. The van der Waals surface area contributed by atoms with E-state index in [1.807, 2.05) is 36.4 Å². The van der Waals surface area contributed by atoms with Crippen LogP contribution in [0.2, 0.25) is 0 Å². The van der Waals surface area contributed by atoms with Gasteiger partial charge in [-0.05, 0) is 41.8 Å². The van der Waals surface area contributed by atoms with Gasteiger partial charge in [0, 0.05) is 0 Å². The average Bonchev–Trinajstić information content (AvgIpc) is 2.47. The number of nitrogens with two attached hydrogens (primary N) is 1. The molecular weight excluding hydrogens is 236 g/mol. The summed E-state index contributed by atoms with van der Waals surface area (Å²) < 4.78 is 5.41. The fraction of sp³-hybridized carbons (Fsp3) is 0.0625. The van der Waals surface area contributed by atoms with E-state index >= 15 is 0 Å². The van der Waals surface area contributed by atoms with Crippen LogP contribution in [0.1, 0.15) is 12.0 Å². The molecule has 1 aliphatic carbocycles. The van der Waals surface area contributed by atoms with Crippen molar-refractivity contribution in [1.29, 1.82) is 0 Å². The molecule has 3 heteroatoms. The van der Waals surface area contributed by atoms with Gasteiger partial charge in [-0.25, -0.2) is 0 Å². The van der Waals surface area contributed by atoms with Gasteiger partial charge in [-0.3, -0.25) is 0 Å². The first-order valence-corrected chi connectivity index (χ1v) is 5.95. The molecule has 1 aromatic carbocycles. The highest BCUT2D eigenvalue weighted by molar-refractivity contribution is 5.88. The summed E-state index contributed by atoms with van der Waals surface area (Å²) in [6.07, 6.45) is 13.7. The number of rotatable bonds is 3. The maximum absolute atomic E-state index is 5.41. The quantitative estimate of drug-likeness (QED) is 0.388. The van der Waals surface area contributed by atoms with Gasteiger partial charge in [-0.1, -0.05) is 43.0 Å². The second-order valence-electron chi connectivity index (χ2n) is 3.96. The summed E-state index contributed by atoms with van der Waals surface area (Å²) in [5, 5.41) is 3.46. The lowest BCUT2D eigenvalue weighted by molar-refractivity contribution is 0.552. The molecule has 1 aliphatic rings. The van der Waals surface area contributed by atoms with E-state index in [0.29, 0.717) is 11.6 Å². The maximum atomic E-state index is 5.41. The van der Waals surface area contributed by atoms with Crippen molar-refractivity contribution < 1.29 is 4.74 Å². The molecule has 3 nitrogen and oxygen atoms in total. The summed E-state index contributed by atoms with van der Waals surface area (Å²) >= 11 is 0. The van der Waals surface area contributed by atoms with Crippen molar-refractivity contribution in [3.05, 3.63) is 72.4 Å². The maximum Gasteiger partial charge on any atom is 0.235 e. The number of hydrogen-bond donors (Lipinski definition) is 1. The monoisotopic (exact) mass is 251 g/mol. The first kappa shape index (κ1) is 12.9. The Hall–Kier alpha value is -2.55. The standard InChI is InChI=1S/C16H15N2O/c1-2-16(18-17)19-15-10-8-14(9-11-15)12-13-6-4-3-5-7-13/h2-5,8-12H,1,6,17H2. The van der Waals surface area contributed by atoms with Crippen LogP contribution in [0.3, 0.4) is 0 Å². The van der Waals surface area contributed by atoms with Crippen molar-refractivity contribution in [2.24, 2.45) is 10.9 Å². The van der Waals surface area contributed by atoms with Crippen molar-refractivity contribution in [3.63, 3.8) is 0 Å². The van der Waals surface area contributed by atoms with Crippen LogP contribution in [0.4, 0.5) is 0 Å². The minimum Gasteiger partial charge on any atom is -0.438 e. The van der Waals surface area contributed by atoms with Gasteiger partial charge in [-0.15, -0.1) is 5.10 Å². The molecule has 0 saturated carbocycles. The summed E-state index contributed by atoms with van der Waals surface area (Å²) in [6, 6.07) is 7.67. The number of ether oxygens (including phenoxy) is 1. The Labute approximate surface area is 113 Å². The van der Waals surface area contributed by atoms with E-state index in [2.05, 4.69) is 29.9 Å². The van der Waals surface area contributed by atoms with Gasteiger partial charge >= 0.3 is 0 Å². The highest BCUT2D eigenvalue weighted by Gasteiger charge is 1.99. The smallest absolute Gasteiger partial charge is 0.235 e. The SMILES string of the molecule is C=CC(=NN)Oc1ccc(C=C2[C]=CC=CC2)cc1. The van der Waals surface area contributed by atoms with Gasteiger partial charge in [-0.2, -0.15) is 0 Å². The van der Waals surface area contributed by atoms with Crippen LogP contribution in [0.25, 0.3) is 6.08 Å². The van der Waals surface area contributed by atoms with E-state index in [1.165, 1.54) is 6.08 Å². The minimum atomic E-state index is 0.291. The van der Waals surface area contributed by atoms with E-state index in [1.54, 1.807) is 0 Å². The lowest BCUT2D eigenvalue weighted by atomic mass is 10.0. The Kier molecular flexibility index (Phi) is 4.34. The van der Waals surface area contributed by atoms with Crippen molar-refractivity contribution >= 4 is 12.0 Å². The molecule has 0 fully saturated rings. The highest BCUT2D eigenvalue weighted by Crippen LogP contribution is 2.17. The van der Waals surface area contributed by atoms with Gasteiger partial charge in [0.25, 0.3) is 0 Å². The summed E-state index contributed by atoms with van der Waals surface area (Å²) in [7, 11) is 0. The molecular formula is C16H15N2O. The number of hydrazone groups is 1. The second kappa shape index (κ2) is 6.40. The largest absolute Gasteiger partial charge is 0.438 e. The Morgan fingerprint density at radius 1 is 1.37 bits per heavy atom. The zero-order valence-electron chi connectivity index (χ0n) is 10.5. The van der Waals surface area contributed by atoms with Crippen LogP contribution in [-0.4, -0.2) is 5.90 Å². The lowest BCUT2D eigenvalue weighted by Crippen LogP contribution is -2.07. The fourth-order valence-electron chi connectivity index (χ4n) is 1.65. The third-order valence-corrected chi connectivity index (χ3v) is 2.58. The predicted molar refractivity (Wildman–Crippen MR) is 78.4 cm³/mol. The molecule has 2 rings (SSSR count). The van der Waals surface area contributed by atoms with Crippen LogP contribution in [-0.2, 0) is 0 Å². The predicted octanol–water partition coefficient (Wildman–Crippen LogP) is 3.23. The highest BCUT2D eigenvalue weighted by atomic mass is 16.5. The summed E-state index contributed by atoms with van der Waals surface area (Å²) in [6.45, 7) is 3.56. The Morgan fingerprint density at radius 3 is 2.74 bits per heavy atom. The molecule has 0 spiro atoms. The van der Waals surface area contributed by atoms with Crippen molar-refractivity contribution in [2.75, 3.05) is 0 Å². The first-order chi connectivity index (χ1) is 9.31. The Morgan fingerprint density at radius 2 is 2.16 bits per heavy atom. The fourth-order valence-corrected chi connectivity index (χ4v) is 1.65. The van der Waals surface area contributed by atoms with Crippen LogP contribution < -0.4 is 10.6 Å². The van der Waals surface area contributed by atoms with Gasteiger partial charge in [0.15, 0.2) is 0 Å². The van der Waals surface area contributed by atoms with Crippen LogP contribution in [0.5, 0.6) is 5.75 Å². The molecule has 95 valence electrons. The van der Waals surface area contributed by atoms with E-state index in [0.717, 1.165) is 17.6 Å². The normalized spacial score (nSPS) is 16.6. The van der Waals surface area contributed by atoms with Gasteiger partial charge in [0.2, 0.25) is 5.90 Å². The Balaban J connectivity index is 2.08. The average molecular weight is 251 g/mol. The topological polar surface area (TPSA) is 47.6 Å². The zero-order valence-corrected chi connectivity index (χ0v) is 10.5. The number of hydrogen-bond acceptors (Lipinski definition) is 3. The summed E-state index contributed by atoms with van der Waals surface area (Å²) in [5.41, 5.74) is 2.26. The van der Waals surface area contributed by atoms with Crippen LogP contribution in [0.15, 0.2) is 65.8 Å². The molecule has 0 aliphatic heterocycles. The molecule has 0 bridgehead atoms. The lowest BCUT2D eigenvalue weighted by Gasteiger charge is -2.05. The van der Waals surface area contributed by atoms with Crippen LogP contribution in [0, 0.1) is 6.08 Å². The van der Waals surface area contributed by atoms with Crippen molar-refractivity contribution in [1.82, 2.24) is 0 Å². The number of allylic oxidation sites excluding steroid dienone is 5. The van der Waals surface area contributed by atoms with E-state index in [9.17, 15) is 0 Å². The van der Waals surface area contributed by atoms with Gasteiger partial charge in [0.05, 0.1) is 0 Å². The van der Waals surface area contributed by atoms with E-state index < -0.39 is 0 Å². The third kappa shape index (κ3) is 3.71. The summed E-state index contributed by atoms with van der Waals surface area (Å²) in [4.78, 5) is 0. The van der Waals surface area contributed by atoms with Gasteiger partial charge < -0.3 is 10.6 Å². The van der Waals surface area contributed by atoms with Crippen LogP contribution >= 0.6 is 0 Å². The van der Waals surface area contributed by atoms with Gasteiger partial charge in [0.1, 0.15) is 5.75 Å². The summed E-state index contributed by atoms with van der Waals surface area (Å²) in [5.74, 6) is 6.12. The Bertz CT molecular complexity index is 563. The molecule has 0 aromatic heterocycles. The molecule has 19 heavy (non-hydrogen) atoms. The molecule has 0 unspecified atom stereocenters. The third-order valence-electron chi connectivity index (χ3n) is 2.58. The molecule has 0 amide bonds. The van der Waals surface area contributed by atoms with Crippen molar-refractivity contribution in [3.8, 4) is 5.75 Å². The molecule has 0 saturated heterocycles. The van der Waals surface area contributed by atoms with Crippen molar-refractivity contribution in [2.45, 2.75) is 6.42 Å². The van der Waals surface area contributed by atoms with E-state index in [4.69, 9.17) is 10.6 Å². The number of benzene rings is 1. The first-order valence-electron chi connectivity index (χ1n) is 5.95.